The second kappa shape index (κ2) is 7.94. The fourth-order valence-electron chi connectivity index (χ4n) is 2.98. The Balaban J connectivity index is 1.71. The molecule has 130 valence electrons. The normalized spacial score (nSPS) is 16.4. The molecule has 1 aliphatic heterocycles. The van der Waals surface area contributed by atoms with Crippen molar-refractivity contribution in [2.45, 2.75) is 6.54 Å². The Morgan fingerprint density at radius 3 is 2.46 bits per heavy atom. The maximum absolute atomic E-state index is 11.9. The van der Waals surface area contributed by atoms with Gasteiger partial charge in [-0.25, -0.2) is 0 Å². The Labute approximate surface area is 145 Å². The van der Waals surface area contributed by atoms with Crippen LogP contribution in [0.25, 0.3) is 11.3 Å². The van der Waals surface area contributed by atoms with Crippen LogP contribution in [0.15, 0.2) is 29.1 Å². The van der Waals surface area contributed by atoms with Gasteiger partial charge in [-0.15, -0.1) is 0 Å². The van der Waals surface area contributed by atoms with Gasteiger partial charge in [0.25, 0.3) is 0 Å². The Kier molecular flexibility index (Phi) is 5.68. The number of aliphatic hydroxyl groups is 1. The molecular weight excluding hydrogens is 326 g/mol. The molecule has 2 aromatic rings. The van der Waals surface area contributed by atoms with Gasteiger partial charge in [0.2, 0.25) is 0 Å². The van der Waals surface area contributed by atoms with E-state index in [1.165, 1.54) is 11.3 Å². The molecular formula is C17H23N3O3S. The van der Waals surface area contributed by atoms with Crippen LogP contribution in [0.1, 0.15) is 4.88 Å². The van der Waals surface area contributed by atoms with Crippen molar-refractivity contribution in [2.24, 2.45) is 0 Å². The topological polar surface area (TPSA) is 68.8 Å². The van der Waals surface area contributed by atoms with Gasteiger partial charge in [-0.1, -0.05) is 11.3 Å². The van der Waals surface area contributed by atoms with E-state index in [1.807, 2.05) is 24.3 Å². The molecule has 24 heavy (non-hydrogen) atoms. The number of nitrogens with one attached hydrogen (secondary N) is 1. The van der Waals surface area contributed by atoms with Crippen LogP contribution in [-0.2, 0) is 6.54 Å². The number of thiazole rings is 1. The van der Waals surface area contributed by atoms with Crippen LogP contribution in [0.3, 0.4) is 0 Å². The lowest BCUT2D eigenvalue weighted by Gasteiger charge is -2.34. The summed E-state index contributed by atoms with van der Waals surface area (Å²) in [6.45, 7) is 5.54. The maximum atomic E-state index is 11.9. The minimum Gasteiger partial charge on any atom is -0.497 e. The van der Waals surface area contributed by atoms with Crippen LogP contribution in [-0.4, -0.2) is 66.3 Å². The molecule has 0 aliphatic carbocycles. The third kappa shape index (κ3) is 4.05. The molecule has 1 saturated heterocycles. The zero-order valence-corrected chi connectivity index (χ0v) is 14.6. The van der Waals surface area contributed by atoms with Gasteiger partial charge in [-0.05, 0) is 29.8 Å². The highest BCUT2D eigenvalue weighted by Gasteiger charge is 2.19. The SMILES string of the molecule is COc1ccc(-c2[nH]c(=O)sc2CN2CCN(CCO)CC2)cc1. The van der Waals surface area contributed by atoms with E-state index in [9.17, 15) is 4.79 Å². The number of hydrogen-bond acceptors (Lipinski definition) is 6. The maximum Gasteiger partial charge on any atom is 0.305 e. The monoisotopic (exact) mass is 349 g/mol. The van der Waals surface area contributed by atoms with Crippen molar-refractivity contribution in [3.05, 3.63) is 38.8 Å². The lowest BCUT2D eigenvalue weighted by atomic mass is 10.1. The summed E-state index contributed by atoms with van der Waals surface area (Å²) in [4.78, 5) is 20.5. The lowest BCUT2D eigenvalue weighted by Crippen LogP contribution is -2.46. The summed E-state index contributed by atoms with van der Waals surface area (Å²) >= 11 is 1.29. The van der Waals surface area contributed by atoms with Gasteiger partial charge in [0.15, 0.2) is 0 Å². The van der Waals surface area contributed by atoms with E-state index in [0.29, 0.717) is 0 Å². The Morgan fingerprint density at radius 2 is 1.83 bits per heavy atom. The lowest BCUT2D eigenvalue weighted by molar-refractivity contribution is 0.109. The third-order valence-electron chi connectivity index (χ3n) is 4.35. The fraction of sp³-hybridized carbons (Fsp3) is 0.471. The number of H-pyrrole nitrogens is 1. The second-order valence-corrected chi connectivity index (χ2v) is 6.95. The van der Waals surface area contributed by atoms with Crippen LogP contribution in [0.2, 0.25) is 0 Å². The van der Waals surface area contributed by atoms with Crippen LogP contribution in [0.4, 0.5) is 0 Å². The molecule has 1 aromatic carbocycles. The Morgan fingerprint density at radius 1 is 1.17 bits per heavy atom. The summed E-state index contributed by atoms with van der Waals surface area (Å²) in [5.41, 5.74) is 1.91. The first-order chi connectivity index (χ1) is 11.7. The largest absolute Gasteiger partial charge is 0.497 e. The van der Waals surface area contributed by atoms with Gasteiger partial charge in [-0.2, -0.15) is 0 Å². The number of β-amino-alcohol motifs (C(OH)–C–C–N with tert-alkyl or cyclic N) is 1. The van der Waals surface area contributed by atoms with E-state index in [-0.39, 0.29) is 11.5 Å². The molecule has 7 heteroatoms. The summed E-state index contributed by atoms with van der Waals surface area (Å²) in [7, 11) is 1.64. The van der Waals surface area contributed by atoms with Crippen molar-refractivity contribution in [1.29, 1.82) is 0 Å². The highest BCUT2D eigenvalue weighted by atomic mass is 32.1. The average molecular weight is 349 g/mol. The van der Waals surface area contributed by atoms with Crippen molar-refractivity contribution in [3.63, 3.8) is 0 Å². The van der Waals surface area contributed by atoms with Crippen molar-refractivity contribution in [2.75, 3.05) is 46.4 Å². The zero-order valence-electron chi connectivity index (χ0n) is 13.8. The van der Waals surface area contributed by atoms with Crippen molar-refractivity contribution in [3.8, 4) is 17.0 Å². The quantitative estimate of drug-likeness (QED) is 0.821. The van der Waals surface area contributed by atoms with Gasteiger partial charge in [0.05, 0.1) is 19.4 Å². The molecule has 1 aromatic heterocycles. The predicted molar refractivity (Wildman–Crippen MR) is 95.7 cm³/mol. The Bertz CT molecular complexity index is 703. The molecule has 0 bridgehead atoms. The molecule has 0 unspecified atom stereocenters. The standard InChI is InChI=1S/C17H23N3O3S/c1-23-14-4-2-13(3-5-14)16-15(24-17(22)18-16)12-20-8-6-19(7-9-20)10-11-21/h2-5,21H,6-12H2,1H3,(H,18,22). The molecule has 0 spiro atoms. The first kappa shape index (κ1) is 17.2. The minimum absolute atomic E-state index is 0.0188. The van der Waals surface area contributed by atoms with E-state index in [0.717, 1.165) is 61.2 Å². The molecule has 0 radical (unpaired) electrons. The van der Waals surface area contributed by atoms with E-state index < -0.39 is 0 Å². The first-order valence-electron chi connectivity index (χ1n) is 8.11. The van der Waals surface area contributed by atoms with Crippen LogP contribution in [0.5, 0.6) is 5.75 Å². The van der Waals surface area contributed by atoms with E-state index in [4.69, 9.17) is 9.84 Å². The van der Waals surface area contributed by atoms with Crippen molar-refractivity contribution < 1.29 is 9.84 Å². The smallest absolute Gasteiger partial charge is 0.305 e. The third-order valence-corrected chi connectivity index (χ3v) is 5.22. The number of benzene rings is 1. The number of nitrogens with zero attached hydrogens (tertiary/aromatic N) is 2. The van der Waals surface area contributed by atoms with Crippen molar-refractivity contribution in [1.82, 2.24) is 14.8 Å². The highest BCUT2D eigenvalue weighted by molar-refractivity contribution is 7.09. The number of rotatable bonds is 6. The van der Waals surface area contributed by atoms with Gasteiger partial charge >= 0.3 is 4.87 Å². The molecule has 1 aliphatic rings. The average Bonchev–Trinajstić information content (AvgIpc) is 2.97. The molecule has 0 amide bonds. The Hall–Kier alpha value is -1.67. The predicted octanol–water partition coefficient (Wildman–Crippen LogP) is 1.22. The summed E-state index contributed by atoms with van der Waals surface area (Å²) in [6.07, 6.45) is 0. The van der Waals surface area contributed by atoms with Crippen LogP contribution >= 0.6 is 11.3 Å². The molecule has 2 N–H and O–H groups in total. The van der Waals surface area contributed by atoms with Crippen LogP contribution < -0.4 is 9.61 Å². The fourth-order valence-corrected chi connectivity index (χ4v) is 3.87. The van der Waals surface area contributed by atoms with Gasteiger partial charge in [0, 0.05) is 44.1 Å². The molecule has 1 fully saturated rings. The first-order valence-corrected chi connectivity index (χ1v) is 8.93. The number of aromatic amines is 1. The zero-order chi connectivity index (χ0) is 16.9. The second-order valence-electron chi connectivity index (χ2n) is 5.88. The van der Waals surface area contributed by atoms with Crippen LogP contribution in [0, 0.1) is 0 Å². The van der Waals surface area contributed by atoms with Gasteiger partial charge in [-0.3, -0.25) is 14.6 Å². The number of piperazine rings is 1. The molecule has 3 rings (SSSR count). The minimum atomic E-state index is -0.0188. The van der Waals surface area contributed by atoms with Gasteiger partial charge < -0.3 is 14.8 Å². The molecule has 0 atom stereocenters. The number of hydrogen-bond donors (Lipinski definition) is 2. The van der Waals surface area contributed by atoms with Crippen molar-refractivity contribution >= 4 is 11.3 Å². The number of aliphatic hydroxyl groups excluding tert-OH is 1. The van der Waals surface area contributed by atoms with E-state index >= 15 is 0 Å². The molecule has 2 heterocycles. The molecule has 0 saturated carbocycles. The summed E-state index contributed by atoms with van der Waals surface area (Å²) in [6, 6.07) is 7.75. The van der Waals surface area contributed by atoms with E-state index in [2.05, 4.69) is 14.8 Å². The number of methoxy groups -OCH3 is 1. The van der Waals surface area contributed by atoms with E-state index in [1.54, 1.807) is 7.11 Å². The summed E-state index contributed by atoms with van der Waals surface area (Å²) in [5.74, 6) is 0.804. The summed E-state index contributed by atoms with van der Waals surface area (Å²) in [5, 5.41) is 9.02. The summed E-state index contributed by atoms with van der Waals surface area (Å²) < 4.78 is 5.19. The molecule has 6 nitrogen and oxygen atoms in total. The number of aromatic nitrogens is 1. The highest BCUT2D eigenvalue weighted by Crippen LogP contribution is 2.26. The number of ether oxygens (including phenoxy) is 1. The van der Waals surface area contributed by atoms with Gasteiger partial charge in [0.1, 0.15) is 5.75 Å².